The van der Waals surface area contributed by atoms with Crippen molar-refractivity contribution in [3.63, 3.8) is 0 Å². The number of aliphatic hydroxyl groups excluding tert-OH is 1. The molecule has 0 aliphatic carbocycles. The minimum absolute atomic E-state index is 0.267. The second-order valence-corrected chi connectivity index (χ2v) is 6.38. The minimum Gasteiger partial charge on any atom is -0.391 e. The Morgan fingerprint density at radius 2 is 2.04 bits per heavy atom. The highest BCUT2D eigenvalue weighted by Gasteiger charge is 2.23. The zero-order valence-electron chi connectivity index (χ0n) is 13.9. The zero-order valence-corrected chi connectivity index (χ0v) is 13.9. The predicted octanol–water partition coefficient (Wildman–Crippen LogP) is 1.68. The van der Waals surface area contributed by atoms with Gasteiger partial charge < -0.3 is 10.0 Å². The van der Waals surface area contributed by atoms with E-state index in [9.17, 15) is 9.50 Å². The number of rotatable bonds is 3. The van der Waals surface area contributed by atoms with Crippen molar-refractivity contribution in [1.29, 1.82) is 0 Å². The fourth-order valence-electron chi connectivity index (χ4n) is 3.18. The van der Waals surface area contributed by atoms with E-state index in [-0.39, 0.29) is 11.9 Å². The van der Waals surface area contributed by atoms with Gasteiger partial charge in [-0.05, 0) is 37.5 Å². The summed E-state index contributed by atoms with van der Waals surface area (Å²) >= 11 is 0. The number of piperidine rings is 1. The van der Waals surface area contributed by atoms with Crippen LogP contribution in [0.4, 0.5) is 10.2 Å². The van der Waals surface area contributed by atoms with E-state index in [1.54, 1.807) is 16.8 Å². The summed E-state index contributed by atoms with van der Waals surface area (Å²) in [6.45, 7) is 3.65. The average Bonchev–Trinajstić information content (AvgIpc) is 2.99. The standard InChI is InChI=1S/C17H19FN6O/c1-11-19-16(23-8-2-3-14(25)10-23)15-17(20-11)24(22-21-15)9-12-4-6-13(18)7-5-12/h4-7,14,25H,2-3,8-10H2,1H3. The lowest BCUT2D eigenvalue weighted by Gasteiger charge is -2.30. The van der Waals surface area contributed by atoms with Crippen molar-refractivity contribution in [1.82, 2.24) is 25.0 Å². The van der Waals surface area contributed by atoms with Crippen molar-refractivity contribution in [2.24, 2.45) is 0 Å². The molecular weight excluding hydrogens is 323 g/mol. The van der Waals surface area contributed by atoms with Gasteiger partial charge in [-0.1, -0.05) is 17.3 Å². The minimum atomic E-state index is -0.353. The van der Waals surface area contributed by atoms with Crippen LogP contribution in [-0.4, -0.2) is 49.3 Å². The summed E-state index contributed by atoms with van der Waals surface area (Å²) in [6.07, 6.45) is 1.37. The highest BCUT2D eigenvalue weighted by molar-refractivity contribution is 5.83. The van der Waals surface area contributed by atoms with Crippen molar-refractivity contribution >= 4 is 17.0 Å². The van der Waals surface area contributed by atoms with Gasteiger partial charge in [-0.15, -0.1) is 5.10 Å². The first-order chi connectivity index (χ1) is 12.1. The Labute approximate surface area is 144 Å². The first kappa shape index (κ1) is 15.9. The first-order valence-electron chi connectivity index (χ1n) is 8.35. The lowest BCUT2D eigenvalue weighted by Crippen LogP contribution is -2.39. The molecule has 0 bridgehead atoms. The van der Waals surface area contributed by atoms with Crippen LogP contribution in [0.2, 0.25) is 0 Å². The van der Waals surface area contributed by atoms with Crippen LogP contribution in [0.3, 0.4) is 0 Å². The molecule has 3 heterocycles. The van der Waals surface area contributed by atoms with Gasteiger partial charge in [-0.25, -0.2) is 19.0 Å². The van der Waals surface area contributed by atoms with Gasteiger partial charge in [0.2, 0.25) is 0 Å². The molecule has 2 aromatic heterocycles. The third-order valence-corrected chi connectivity index (χ3v) is 4.40. The molecule has 1 aliphatic heterocycles. The average molecular weight is 342 g/mol. The number of β-amino-alcohol motifs (C(OH)–C–C–N with tert-alkyl or cyclic N) is 1. The number of fused-ring (bicyclic) bond motifs is 1. The van der Waals surface area contributed by atoms with Gasteiger partial charge in [0.25, 0.3) is 0 Å². The largest absolute Gasteiger partial charge is 0.391 e. The Bertz CT molecular complexity index is 894. The topological polar surface area (TPSA) is 80.0 Å². The van der Waals surface area contributed by atoms with Gasteiger partial charge in [-0.3, -0.25) is 0 Å². The number of aryl methyl sites for hydroxylation is 1. The van der Waals surface area contributed by atoms with Gasteiger partial charge in [-0.2, -0.15) is 0 Å². The molecule has 1 aliphatic rings. The predicted molar refractivity (Wildman–Crippen MR) is 90.8 cm³/mol. The molecule has 1 fully saturated rings. The summed E-state index contributed by atoms with van der Waals surface area (Å²) in [7, 11) is 0. The number of halogens is 1. The number of nitrogens with zero attached hydrogens (tertiary/aromatic N) is 6. The molecule has 0 radical (unpaired) electrons. The van der Waals surface area contributed by atoms with Crippen molar-refractivity contribution in [2.45, 2.75) is 32.4 Å². The van der Waals surface area contributed by atoms with Crippen molar-refractivity contribution in [3.8, 4) is 0 Å². The molecule has 130 valence electrons. The van der Waals surface area contributed by atoms with Crippen LogP contribution in [0, 0.1) is 12.7 Å². The number of benzene rings is 1. The van der Waals surface area contributed by atoms with E-state index in [0.29, 0.717) is 35.9 Å². The molecule has 3 aromatic rings. The molecule has 1 unspecified atom stereocenters. The third kappa shape index (κ3) is 3.17. The summed E-state index contributed by atoms with van der Waals surface area (Å²) in [6, 6.07) is 6.29. The molecule has 8 heteroatoms. The Hall–Kier alpha value is -2.61. The molecule has 4 rings (SSSR count). The van der Waals surface area contributed by atoms with Crippen LogP contribution in [0.25, 0.3) is 11.2 Å². The van der Waals surface area contributed by atoms with Crippen LogP contribution in [0.5, 0.6) is 0 Å². The normalized spacial score (nSPS) is 18.0. The number of anilines is 1. The summed E-state index contributed by atoms with van der Waals surface area (Å²) in [5, 5.41) is 18.4. The molecule has 1 atom stereocenters. The van der Waals surface area contributed by atoms with E-state index in [1.807, 2.05) is 11.8 Å². The Morgan fingerprint density at radius 3 is 2.80 bits per heavy atom. The highest BCUT2D eigenvalue weighted by Crippen LogP contribution is 2.25. The Balaban J connectivity index is 1.72. The van der Waals surface area contributed by atoms with Crippen molar-refractivity contribution in [2.75, 3.05) is 18.0 Å². The summed E-state index contributed by atoms with van der Waals surface area (Å²) < 4.78 is 14.8. The number of aromatic nitrogens is 5. The molecule has 1 saturated heterocycles. The molecule has 1 N–H and O–H groups in total. The summed E-state index contributed by atoms with van der Waals surface area (Å²) in [5.41, 5.74) is 2.19. The lowest BCUT2D eigenvalue weighted by molar-refractivity contribution is 0.154. The fourth-order valence-corrected chi connectivity index (χ4v) is 3.18. The van der Waals surface area contributed by atoms with Gasteiger partial charge in [0.1, 0.15) is 11.6 Å². The van der Waals surface area contributed by atoms with Gasteiger partial charge in [0, 0.05) is 13.1 Å². The molecule has 1 aromatic carbocycles. The monoisotopic (exact) mass is 342 g/mol. The Kier molecular flexibility index (Phi) is 4.04. The summed E-state index contributed by atoms with van der Waals surface area (Å²) in [4.78, 5) is 11.1. The van der Waals surface area contributed by atoms with Gasteiger partial charge in [0.15, 0.2) is 17.0 Å². The van der Waals surface area contributed by atoms with Crippen molar-refractivity contribution in [3.05, 3.63) is 41.5 Å². The van der Waals surface area contributed by atoms with Crippen LogP contribution < -0.4 is 4.90 Å². The lowest BCUT2D eigenvalue weighted by atomic mass is 10.1. The van der Waals surface area contributed by atoms with Crippen molar-refractivity contribution < 1.29 is 9.50 Å². The quantitative estimate of drug-likeness (QED) is 0.780. The first-order valence-corrected chi connectivity index (χ1v) is 8.35. The fraction of sp³-hybridized carbons (Fsp3) is 0.412. The van der Waals surface area contributed by atoms with Crippen LogP contribution >= 0.6 is 0 Å². The maximum atomic E-state index is 13.1. The van der Waals surface area contributed by atoms with E-state index >= 15 is 0 Å². The summed E-state index contributed by atoms with van der Waals surface area (Å²) in [5.74, 6) is 1.08. The molecule has 7 nitrogen and oxygen atoms in total. The highest BCUT2D eigenvalue weighted by atomic mass is 19.1. The molecule has 0 saturated carbocycles. The molecule has 0 amide bonds. The SMILES string of the molecule is Cc1nc(N2CCCC(O)C2)c2nnn(Cc3ccc(F)cc3)c2n1. The number of hydrogen-bond donors (Lipinski definition) is 1. The Morgan fingerprint density at radius 1 is 1.24 bits per heavy atom. The van der Waals surface area contributed by atoms with Crippen LogP contribution in [-0.2, 0) is 6.54 Å². The number of aliphatic hydroxyl groups is 1. The van der Waals surface area contributed by atoms with E-state index in [0.717, 1.165) is 24.9 Å². The van der Waals surface area contributed by atoms with Gasteiger partial charge >= 0.3 is 0 Å². The van der Waals surface area contributed by atoms with E-state index in [4.69, 9.17) is 0 Å². The molecule has 25 heavy (non-hydrogen) atoms. The molecule has 0 spiro atoms. The van der Waals surface area contributed by atoms with E-state index in [1.165, 1.54) is 12.1 Å². The maximum Gasteiger partial charge on any atom is 0.184 e. The van der Waals surface area contributed by atoms with E-state index < -0.39 is 0 Å². The smallest absolute Gasteiger partial charge is 0.184 e. The second kappa shape index (κ2) is 6.36. The number of hydrogen-bond acceptors (Lipinski definition) is 6. The maximum absolute atomic E-state index is 13.1. The van der Waals surface area contributed by atoms with Crippen LogP contribution in [0.15, 0.2) is 24.3 Å². The zero-order chi connectivity index (χ0) is 17.4. The van der Waals surface area contributed by atoms with E-state index in [2.05, 4.69) is 20.3 Å². The van der Waals surface area contributed by atoms with Gasteiger partial charge in [0.05, 0.1) is 12.6 Å². The molecular formula is C17H19FN6O. The third-order valence-electron chi connectivity index (χ3n) is 4.40. The van der Waals surface area contributed by atoms with Crippen LogP contribution in [0.1, 0.15) is 24.2 Å². The second-order valence-electron chi connectivity index (χ2n) is 6.38.